The van der Waals surface area contributed by atoms with E-state index in [2.05, 4.69) is 17.1 Å². The van der Waals surface area contributed by atoms with Gasteiger partial charge in [0, 0.05) is 17.3 Å². The number of hydrogen-bond acceptors (Lipinski definition) is 5. The van der Waals surface area contributed by atoms with Gasteiger partial charge >= 0.3 is 0 Å². The molecule has 0 spiro atoms. The first kappa shape index (κ1) is 18.0. The average molecular weight is 405 g/mol. The number of aromatic hydroxyl groups is 1. The quantitative estimate of drug-likeness (QED) is 0.384. The van der Waals surface area contributed by atoms with Crippen LogP contribution < -0.4 is 0 Å². The van der Waals surface area contributed by atoms with Gasteiger partial charge in [0.25, 0.3) is 0 Å². The van der Waals surface area contributed by atoms with E-state index in [-0.39, 0.29) is 5.75 Å². The van der Waals surface area contributed by atoms with Crippen molar-refractivity contribution in [1.29, 1.82) is 5.26 Å². The number of nitrogens with zero attached hydrogens (tertiary/aromatic N) is 3. The van der Waals surface area contributed by atoms with Crippen LogP contribution in [0.1, 0.15) is 5.56 Å². The lowest BCUT2D eigenvalue weighted by molar-refractivity contribution is 0.477. The zero-order valence-corrected chi connectivity index (χ0v) is 16.6. The molecule has 142 valence electrons. The molecule has 5 heteroatoms. The van der Waals surface area contributed by atoms with Crippen molar-refractivity contribution >= 4 is 21.6 Å². The van der Waals surface area contributed by atoms with E-state index in [1.165, 1.54) is 11.3 Å². The highest BCUT2D eigenvalue weighted by Gasteiger charge is 2.15. The lowest BCUT2D eigenvalue weighted by atomic mass is 9.99. The predicted molar refractivity (Wildman–Crippen MR) is 120 cm³/mol. The Kier molecular flexibility index (Phi) is 4.47. The molecule has 5 rings (SSSR count). The lowest BCUT2D eigenvalue weighted by Crippen LogP contribution is -1.87. The highest BCUT2D eigenvalue weighted by atomic mass is 32.1. The Morgan fingerprint density at radius 2 is 1.67 bits per heavy atom. The normalized spacial score (nSPS) is 10.8. The topological polar surface area (TPSA) is 69.8 Å². The van der Waals surface area contributed by atoms with Gasteiger partial charge in [-0.3, -0.25) is 4.98 Å². The van der Waals surface area contributed by atoms with Crippen molar-refractivity contribution in [2.75, 3.05) is 0 Å². The van der Waals surface area contributed by atoms with E-state index in [4.69, 9.17) is 4.98 Å². The van der Waals surface area contributed by atoms with Crippen molar-refractivity contribution in [3.8, 4) is 44.8 Å². The number of rotatable bonds is 3. The maximum atomic E-state index is 10.2. The van der Waals surface area contributed by atoms with Crippen LogP contribution in [0.5, 0.6) is 5.75 Å². The molecule has 0 aliphatic heterocycles. The summed E-state index contributed by atoms with van der Waals surface area (Å²) in [5, 5.41) is 20.5. The van der Waals surface area contributed by atoms with Crippen LogP contribution in [0.2, 0.25) is 0 Å². The minimum Gasteiger partial charge on any atom is -0.507 e. The molecule has 0 aliphatic carbocycles. The van der Waals surface area contributed by atoms with E-state index in [9.17, 15) is 10.4 Å². The second-order valence-electron chi connectivity index (χ2n) is 6.81. The Bertz CT molecular complexity index is 1420. The molecule has 0 amide bonds. The van der Waals surface area contributed by atoms with Gasteiger partial charge in [0.05, 0.1) is 33.1 Å². The summed E-state index contributed by atoms with van der Waals surface area (Å²) in [6.07, 6.45) is 1.77. The number of phenols is 1. The molecular formula is C25H15N3OS. The summed E-state index contributed by atoms with van der Waals surface area (Å²) in [7, 11) is 0. The van der Waals surface area contributed by atoms with Crippen LogP contribution in [0.15, 0.2) is 85.1 Å². The molecule has 0 radical (unpaired) electrons. The molecule has 0 saturated carbocycles. The first-order valence-corrected chi connectivity index (χ1v) is 10.2. The third-order valence-corrected chi connectivity index (χ3v) is 5.93. The standard InChI is InChI=1S/C25H15N3OS/c26-15-16-12-20(17-6-5-7-18(14-17)21-9-3-4-11-27-21)24-23(13-16)30-25(28-24)19-8-1-2-10-22(19)29/h1-14,29H. The van der Waals surface area contributed by atoms with Crippen LogP contribution in [-0.2, 0) is 0 Å². The van der Waals surface area contributed by atoms with E-state index in [0.717, 1.165) is 37.6 Å². The number of phenolic OH excluding ortho intramolecular Hbond substituents is 1. The summed E-state index contributed by atoms with van der Waals surface area (Å²) in [5.74, 6) is 0.191. The second-order valence-corrected chi connectivity index (χ2v) is 7.84. The summed E-state index contributed by atoms with van der Waals surface area (Å²) < 4.78 is 0.908. The van der Waals surface area contributed by atoms with Crippen LogP contribution in [0.25, 0.3) is 43.2 Å². The molecule has 2 aromatic heterocycles. The number of nitriles is 1. The summed E-state index contributed by atoms with van der Waals surface area (Å²) in [6.45, 7) is 0. The minimum absolute atomic E-state index is 0.191. The lowest BCUT2D eigenvalue weighted by Gasteiger charge is -2.07. The van der Waals surface area contributed by atoms with Crippen LogP contribution >= 0.6 is 11.3 Å². The molecule has 0 fully saturated rings. The summed E-state index contributed by atoms with van der Waals surface area (Å²) >= 11 is 1.47. The Labute approximate surface area is 177 Å². The van der Waals surface area contributed by atoms with Crippen molar-refractivity contribution in [3.63, 3.8) is 0 Å². The van der Waals surface area contributed by atoms with Crippen molar-refractivity contribution < 1.29 is 5.11 Å². The Hall–Kier alpha value is -4.01. The molecule has 5 aromatic rings. The van der Waals surface area contributed by atoms with E-state index < -0.39 is 0 Å². The highest BCUT2D eigenvalue weighted by molar-refractivity contribution is 7.21. The summed E-state index contributed by atoms with van der Waals surface area (Å²) in [5.41, 5.74) is 5.82. The van der Waals surface area contributed by atoms with Gasteiger partial charge in [0.1, 0.15) is 10.8 Å². The van der Waals surface area contributed by atoms with Crippen LogP contribution in [0.3, 0.4) is 0 Å². The molecule has 0 atom stereocenters. The highest BCUT2D eigenvalue weighted by Crippen LogP contribution is 2.39. The third kappa shape index (κ3) is 3.20. The van der Waals surface area contributed by atoms with Crippen LogP contribution in [-0.4, -0.2) is 15.1 Å². The molecule has 3 aromatic carbocycles. The number of para-hydroxylation sites is 1. The van der Waals surface area contributed by atoms with E-state index >= 15 is 0 Å². The number of pyridine rings is 1. The zero-order valence-electron chi connectivity index (χ0n) is 15.8. The predicted octanol–water partition coefficient (Wildman–Crippen LogP) is 6.27. The number of aromatic nitrogens is 2. The molecule has 4 nitrogen and oxygen atoms in total. The fraction of sp³-hybridized carbons (Fsp3) is 0. The number of hydrogen-bond donors (Lipinski definition) is 1. The van der Waals surface area contributed by atoms with Crippen molar-refractivity contribution in [1.82, 2.24) is 9.97 Å². The summed E-state index contributed by atoms with van der Waals surface area (Å²) in [6, 6.07) is 27.0. The largest absolute Gasteiger partial charge is 0.507 e. The molecule has 0 bridgehead atoms. The molecule has 30 heavy (non-hydrogen) atoms. The maximum Gasteiger partial charge on any atom is 0.128 e. The molecular weight excluding hydrogens is 390 g/mol. The van der Waals surface area contributed by atoms with Gasteiger partial charge in [-0.1, -0.05) is 36.4 Å². The molecule has 0 aliphatic rings. The fourth-order valence-electron chi connectivity index (χ4n) is 3.46. The molecule has 0 saturated heterocycles. The zero-order chi connectivity index (χ0) is 20.5. The monoisotopic (exact) mass is 405 g/mol. The van der Waals surface area contributed by atoms with Gasteiger partial charge in [-0.25, -0.2) is 4.98 Å². The number of benzene rings is 3. The maximum absolute atomic E-state index is 10.2. The van der Waals surface area contributed by atoms with E-state index in [1.54, 1.807) is 18.3 Å². The first-order chi connectivity index (χ1) is 14.7. The van der Waals surface area contributed by atoms with Gasteiger partial charge in [0.2, 0.25) is 0 Å². The molecule has 2 heterocycles. The van der Waals surface area contributed by atoms with Gasteiger partial charge in [0.15, 0.2) is 0 Å². The Morgan fingerprint density at radius 3 is 2.47 bits per heavy atom. The number of fused-ring (bicyclic) bond motifs is 1. The molecule has 0 unspecified atom stereocenters. The number of thiazole rings is 1. The molecule has 1 N–H and O–H groups in total. The van der Waals surface area contributed by atoms with Crippen molar-refractivity contribution in [3.05, 3.63) is 90.6 Å². The van der Waals surface area contributed by atoms with Crippen molar-refractivity contribution in [2.24, 2.45) is 0 Å². The van der Waals surface area contributed by atoms with Crippen LogP contribution in [0, 0.1) is 11.3 Å². The van der Waals surface area contributed by atoms with Gasteiger partial charge in [-0.2, -0.15) is 5.26 Å². The van der Waals surface area contributed by atoms with Crippen LogP contribution in [0.4, 0.5) is 0 Å². The van der Waals surface area contributed by atoms with Crippen molar-refractivity contribution in [2.45, 2.75) is 0 Å². The van der Waals surface area contributed by atoms with Gasteiger partial charge < -0.3 is 5.11 Å². The van der Waals surface area contributed by atoms with E-state index in [0.29, 0.717) is 11.1 Å². The smallest absolute Gasteiger partial charge is 0.128 e. The average Bonchev–Trinajstić information content (AvgIpc) is 3.23. The van der Waals surface area contributed by atoms with Gasteiger partial charge in [-0.15, -0.1) is 11.3 Å². The van der Waals surface area contributed by atoms with Gasteiger partial charge in [-0.05, 0) is 48.0 Å². The van der Waals surface area contributed by atoms with E-state index in [1.807, 2.05) is 60.7 Å². The first-order valence-electron chi connectivity index (χ1n) is 9.38. The third-order valence-electron chi connectivity index (χ3n) is 4.89. The second kappa shape index (κ2) is 7.43. The Morgan fingerprint density at radius 1 is 0.833 bits per heavy atom. The fourth-order valence-corrected chi connectivity index (χ4v) is 4.53. The SMILES string of the molecule is N#Cc1cc(-c2cccc(-c3ccccn3)c2)c2nc(-c3ccccc3O)sc2c1. The summed E-state index contributed by atoms with van der Waals surface area (Å²) in [4.78, 5) is 9.27. The minimum atomic E-state index is 0.191. The Balaban J connectivity index is 1.71.